The molecule has 5 nitrogen and oxygen atoms in total. The number of amides is 1. The van der Waals surface area contributed by atoms with Crippen molar-refractivity contribution in [3.8, 4) is 0 Å². The third kappa shape index (κ3) is 4.70. The van der Waals surface area contributed by atoms with Crippen LogP contribution in [0, 0.1) is 0 Å². The lowest BCUT2D eigenvalue weighted by molar-refractivity contribution is -0.124. The summed E-state index contributed by atoms with van der Waals surface area (Å²) in [6, 6.07) is 22.9. The van der Waals surface area contributed by atoms with E-state index in [-0.39, 0.29) is 17.4 Å². The minimum Gasteiger partial charge on any atom is -0.354 e. The largest absolute Gasteiger partial charge is 0.354 e. The number of hydrogen-bond acceptors (Lipinski definition) is 3. The van der Waals surface area contributed by atoms with Crippen molar-refractivity contribution < 1.29 is 4.79 Å². The van der Waals surface area contributed by atoms with E-state index >= 15 is 0 Å². The van der Waals surface area contributed by atoms with Crippen LogP contribution in [0.25, 0.3) is 0 Å². The number of rotatable bonds is 7. The Kier molecular flexibility index (Phi) is 6.15. The van der Waals surface area contributed by atoms with Crippen LogP contribution in [-0.2, 0) is 4.79 Å². The van der Waals surface area contributed by atoms with Gasteiger partial charge in [-0.25, -0.2) is 4.68 Å². The fourth-order valence-electron chi connectivity index (χ4n) is 3.15. The van der Waals surface area contributed by atoms with Gasteiger partial charge in [0.1, 0.15) is 6.04 Å². The summed E-state index contributed by atoms with van der Waals surface area (Å²) in [7, 11) is 0. The predicted molar refractivity (Wildman–Crippen MR) is 106 cm³/mol. The lowest BCUT2D eigenvalue weighted by Gasteiger charge is -2.19. The molecule has 0 aliphatic rings. The molecule has 0 aliphatic carbocycles. The molecule has 3 aromatic rings. The quantitative estimate of drug-likeness (QED) is 0.703. The maximum absolute atomic E-state index is 12.4. The number of nitrogens with one attached hydrogen (secondary N) is 1. The van der Waals surface area contributed by atoms with Crippen molar-refractivity contribution in [1.82, 2.24) is 15.1 Å². The lowest BCUT2D eigenvalue weighted by Crippen LogP contribution is -2.37. The second-order valence-corrected chi connectivity index (χ2v) is 6.44. The molecule has 0 aliphatic heterocycles. The Hall–Kier alpha value is -3.21. The Morgan fingerprint density at radius 2 is 1.56 bits per heavy atom. The topological polar surface area (TPSA) is 64.0 Å². The first-order valence-electron chi connectivity index (χ1n) is 9.08. The third-order valence-electron chi connectivity index (χ3n) is 4.62. The summed E-state index contributed by atoms with van der Waals surface area (Å²) in [5.41, 5.74) is 2.14. The highest BCUT2D eigenvalue weighted by Crippen LogP contribution is 2.27. The number of benzene rings is 2. The molecule has 0 radical (unpaired) electrons. The van der Waals surface area contributed by atoms with Gasteiger partial charge >= 0.3 is 0 Å². The summed E-state index contributed by atoms with van der Waals surface area (Å²) in [4.78, 5) is 24.3. The van der Waals surface area contributed by atoms with Crippen LogP contribution in [0.4, 0.5) is 0 Å². The normalized spacial score (nSPS) is 11.9. The number of carbonyl (C=O) groups excluding carboxylic acids is 1. The zero-order chi connectivity index (χ0) is 19.1. The van der Waals surface area contributed by atoms with Crippen LogP contribution in [-0.4, -0.2) is 22.2 Å². The molecule has 1 amide bonds. The van der Waals surface area contributed by atoms with Crippen molar-refractivity contribution in [3.05, 3.63) is 100 Å². The van der Waals surface area contributed by atoms with Gasteiger partial charge in [-0.3, -0.25) is 9.59 Å². The van der Waals surface area contributed by atoms with Crippen molar-refractivity contribution in [2.24, 2.45) is 0 Å². The van der Waals surface area contributed by atoms with Crippen LogP contribution in [0.15, 0.2) is 83.8 Å². The molecule has 1 aromatic heterocycles. The third-order valence-corrected chi connectivity index (χ3v) is 4.62. The molecular weight excluding hydrogens is 338 g/mol. The zero-order valence-corrected chi connectivity index (χ0v) is 15.3. The summed E-state index contributed by atoms with van der Waals surface area (Å²) in [6.07, 6.45) is 2.27. The summed E-state index contributed by atoms with van der Waals surface area (Å²) in [5.74, 6) is -0.0174. The highest BCUT2D eigenvalue weighted by atomic mass is 16.2. The zero-order valence-electron chi connectivity index (χ0n) is 15.3. The Bertz CT molecular complexity index is 883. The van der Waals surface area contributed by atoms with E-state index < -0.39 is 6.04 Å². The summed E-state index contributed by atoms with van der Waals surface area (Å²) >= 11 is 0. The van der Waals surface area contributed by atoms with E-state index in [2.05, 4.69) is 34.7 Å². The highest BCUT2D eigenvalue weighted by Gasteiger charge is 2.18. The summed E-state index contributed by atoms with van der Waals surface area (Å²) in [6.45, 7) is 2.19. The summed E-state index contributed by atoms with van der Waals surface area (Å²) < 4.78 is 1.20. The molecule has 0 spiro atoms. The van der Waals surface area contributed by atoms with Gasteiger partial charge in [-0.2, -0.15) is 5.10 Å². The molecular formula is C22H23N3O2. The van der Waals surface area contributed by atoms with Crippen LogP contribution in [0.3, 0.4) is 0 Å². The van der Waals surface area contributed by atoms with Gasteiger partial charge in [0.2, 0.25) is 5.91 Å². The van der Waals surface area contributed by atoms with E-state index in [4.69, 9.17) is 0 Å². The van der Waals surface area contributed by atoms with E-state index in [1.54, 1.807) is 13.0 Å². The van der Waals surface area contributed by atoms with Gasteiger partial charge in [-0.05, 0) is 30.5 Å². The van der Waals surface area contributed by atoms with Crippen molar-refractivity contribution in [2.75, 3.05) is 6.54 Å². The molecule has 1 atom stereocenters. The molecule has 5 heteroatoms. The smallest absolute Gasteiger partial charge is 0.267 e. The van der Waals surface area contributed by atoms with Gasteiger partial charge in [0.05, 0.1) is 0 Å². The monoisotopic (exact) mass is 361 g/mol. The fourth-order valence-corrected chi connectivity index (χ4v) is 3.15. The van der Waals surface area contributed by atoms with Gasteiger partial charge < -0.3 is 5.32 Å². The Labute approximate surface area is 158 Å². The van der Waals surface area contributed by atoms with Crippen LogP contribution in [0.1, 0.15) is 36.4 Å². The van der Waals surface area contributed by atoms with Crippen LogP contribution in [0.2, 0.25) is 0 Å². The van der Waals surface area contributed by atoms with Crippen molar-refractivity contribution in [1.29, 1.82) is 0 Å². The standard InChI is InChI=1S/C22H23N3O2/c1-17(25-21(26)13-8-15-24-25)22(27)23-16-14-20(18-9-4-2-5-10-18)19-11-6-3-7-12-19/h2-13,15,17,20H,14,16H2,1H3,(H,23,27). The van der Waals surface area contributed by atoms with Crippen LogP contribution >= 0.6 is 0 Å². The van der Waals surface area contributed by atoms with Crippen molar-refractivity contribution >= 4 is 5.91 Å². The van der Waals surface area contributed by atoms with Gasteiger partial charge in [0, 0.05) is 24.7 Å². The number of nitrogens with zero attached hydrogens (tertiary/aromatic N) is 2. The second-order valence-electron chi connectivity index (χ2n) is 6.44. The molecule has 138 valence electrons. The average Bonchev–Trinajstić information content (AvgIpc) is 2.72. The average molecular weight is 361 g/mol. The SMILES string of the molecule is CC(C(=O)NCCC(c1ccccc1)c1ccccc1)n1ncccc1=O. The first kappa shape index (κ1) is 18.6. The van der Waals surface area contributed by atoms with E-state index in [9.17, 15) is 9.59 Å². The Morgan fingerprint density at radius 1 is 0.963 bits per heavy atom. The Balaban J connectivity index is 1.67. The molecule has 1 heterocycles. The molecule has 1 unspecified atom stereocenters. The molecule has 0 fully saturated rings. The molecule has 1 N–H and O–H groups in total. The van der Waals surface area contributed by atoms with Crippen LogP contribution < -0.4 is 10.9 Å². The fraction of sp³-hybridized carbons (Fsp3) is 0.227. The van der Waals surface area contributed by atoms with Gasteiger partial charge in [0.25, 0.3) is 5.56 Å². The molecule has 0 saturated carbocycles. The van der Waals surface area contributed by atoms with E-state index in [0.29, 0.717) is 6.54 Å². The highest BCUT2D eigenvalue weighted by molar-refractivity contribution is 5.79. The van der Waals surface area contributed by atoms with Gasteiger partial charge in [-0.15, -0.1) is 0 Å². The predicted octanol–water partition coefficient (Wildman–Crippen LogP) is 3.14. The first-order chi connectivity index (χ1) is 13.2. The number of aromatic nitrogens is 2. The summed E-state index contributed by atoms with van der Waals surface area (Å²) in [5, 5.41) is 6.92. The second kappa shape index (κ2) is 8.94. The van der Waals surface area contributed by atoms with Gasteiger partial charge in [-0.1, -0.05) is 60.7 Å². The minimum atomic E-state index is -0.648. The maximum Gasteiger partial charge on any atom is 0.267 e. The number of carbonyl (C=O) groups is 1. The van der Waals surface area contributed by atoms with Crippen molar-refractivity contribution in [3.63, 3.8) is 0 Å². The minimum absolute atomic E-state index is 0.195. The Morgan fingerprint density at radius 3 is 2.11 bits per heavy atom. The maximum atomic E-state index is 12.4. The lowest BCUT2D eigenvalue weighted by atomic mass is 9.88. The van der Waals surface area contributed by atoms with E-state index in [1.807, 2.05) is 36.4 Å². The van der Waals surface area contributed by atoms with Crippen LogP contribution in [0.5, 0.6) is 0 Å². The number of hydrogen-bond donors (Lipinski definition) is 1. The molecule has 0 saturated heterocycles. The first-order valence-corrected chi connectivity index (χ1v) is 9.08. The van der Waals surface area contributed by atoms with Crippen molar-refractivity contribution in [2.45, 2.75) is 25.3 Å². The van der Waals surface area contributed by atoms with E-state index in [0.717, 1.165) is 6.42 Å². The van der Waals surface area contributed by atoms with E-state index in [1.165, 1.54) is 28.1 Å². The molecule has 2 aromatic carbocycles. The van der Waals surface area contributed by atoms with Gasteiger partial charge in [0.15, 0.2) is 0 Å². The molecule has 3 rings (SSSR count). The molecule has 27 heavy (non-hydrogen) atoms. The molecule has 0 bridgehead atoms.